The average Bonchev–Trinajstić information content (AvgIpc) is 2.44. The summed E-state index contributed by atoms with van der Waals surface area (Å²) in [6.45, 7) is 4.24. The lowest BCUT2D eigenvalue weighted by Crippen LogP contribution is -2.30. The van der Waals surface area contributed by atoms with E-state index in [4.69, 9.17) is 9.47 Å². The van der Waals surface area contributed by atoms with Gasteiger partial charge in [0.15, 0.2) is 18.2 Å². The van der Waals surface area contributed by atoms with Crippen molar-refractivity contribution in [3.8, 4) is 5.75 Å². The number of carbonyl (C=O) groups excluding carboxylic acids is 2. The van der Waals surface area contributed by atoms with Crippen LogP contribution in [0.5, 0.6) is 5.75 Å². The molecule has 0 unspecified atom stereocenters. The van der Waals surface area contributed by atoms with Crippen molar-refractivity contribution < 1.29 is 23.5 Å². The fraction of sp³-hybridized carbons (Fsp3) is 0.467. The number of hydrogen-bond donors (Lipinski definition) is 1. The first-order chi connectivity index (χ1) is 9.93. The summed E-state index contributed by atoms with van der Waals surface area (Å²) in [5, 5.41) is 2.64. The molecule has 0 aromatic heterocycles. The summed E-state index contributed by atoms with van der Waals surface area (Å²) in [4.78, 5) is 23.1. The Balaban J connectivity index is 2.43. The fourth-order valence-electron chi connectivity index (χ4n) is 1.56. The molecule has 1 aromatic carbocycles. The molecule has 5 nitrogen and oxygen atoms in total. The molecular formula is C15H20FNO4. The number of rotatable bonds is 7. The Morgan fingerprint density at radius 2 is 2.05 bits per heavy atom. The monoisotopic (exact) mass is 297 g/mol. The van der Waals surface area contributed by atoms with E-state index in [0.29, 0.717) is 12.5 Å². The SMILES string of the molecule is COc1ccc(C(=O)OCC(=O)NCCC(C)C)cc1F. The molecule has 0 atom stereocenters. The Morgan fingerprint density at radius 3 is 2.62 bits per heavy atom. The van der Waals surface area contributed by atoms with Gasteiger partial charge in [0.2, 0.25) is 0 Å². The molecule has 0 aliphatic heterocycles. The van der Waals surface area contributed by atoms with Crippen LogP contribution in [0, 0.1) is 11.7 Å². The minimum Gasteiger partial charge on any atom is -0.494 e. The highest BCUT2D eigenvalue weighted by Crippen LogP contribution is 2.18. The van der Waals surface area contributed by atoms with Crippen LogP contribution in [0.1, 0.15) is 30.6 Å². The molecule has 1 aromatic rings. The van der Waals surface area contributed by atoms with E-state index in [0.717, 1.165) is 12.5 Å². The number of nitrogens with one attached hydrogen (secondary N) is 1. The van der Waals surface area contributed by atoms with Crippen LogP contribution in [-0.2, 0) is 9.53 Å². The molecule has 0 fully saturated rings. The van der Waals surface area contributed by atoms with Gasteiger partial charge in [-0.2, -0.15) is 0 Å². The number of ether oxygens (including phenoxy) is 2. The van der Waals surface area contributed by atoms with Gasteiger partial charge in [0.05, 0.1) is 12.7 Å². The summed E-state index contributed by atoms with van der Waals surface area (Å²) >= 11 is 0. The molecule has 0 spiro atoms. The van der Waals surface area contributed by atoms with Crippen molar-refractivity contribution in [2.75, 3.05) is 20.3 Å². The normalized spacial score (nSPS) is 10.3. The third kappa shape index (κ3) is 5.81. The Labute approximate surface area is 123 Å². The number of carbonyl (C=O) groups is 2. The molecule has 1 N–H and O–H groups in total. The van der Waals surface area contributed by atoms with Gasteiger partial charge in [-0.05, 0) is 30.5 Å². The van der Waals surface area contributed by atoms with Crippen molar-refractivity contribution in [2.45, 2.75) is 20.3 Å². The van der Waals surface area contributed by atoms with Crippen LogP contribution in [-0.4, -0.2) is 32.1 Å². The molecule has 0 saturated heterocycles. The largest absolute Gasteiger partial charge is 0.494 e. The van der Waals surface area contributed by atoms with Crippen molar-refractivity contribution in [1.82, 2.24) is 5.32 Å². The topological polar surface area (TPSA) is 64.6 Å². The summed E-state index contributed by atoms with van der Waals surface area (Å²) in [5.74, 6) is -1.27. The van der Waals surface area contributed by atoms with E-state index in [9.17, 15) is 14.0 Å². The van der Waals surface area contributed by atoms with Crippen molar-refractivity contribution in [3.63, 3.8) is 0 Å². The minimum atomic E-state index is -0.754. The Bertz CT molecular complexity index is 502. The maximum Gasteiger partial charge on any atom is 0.338 e. The highest BCUT2D eigenvalue weighted by molar-refractivity contribution is 5.91. The second-order valence-electron chi connectivity index (χ2n) is 4.96. The smallest absolute Gasteiger partial charge is 0.338 e. The van der Waals surface area contributed by atoms with Crippen LogP contribution >= 0.6 is 0 Å². The average molecular weight is 297 g/mol. The summed E-state index contributed by atoms with van der Waals surface area (Å²) < 4.78 is 23.0. The van der Waals surface area contributed by atoms with Crippen LogP contribution in [0.3, 0.4) is 0 Å². The van der Waals surface area contributed by atoms with Gasteiger partial charge < -0.3 is 14.8 Å². The fourth-order valence-corrected chi connectivity index (χ4v) is 1.56. The summed E-state index contributed by atoms with van der Waals surface area (Å²) in [7, 11) is 1.33. The number of halogens is 1. The molecule has 0 radical (unpaired) electrons. The third-order valence-corrected chi connectivity index (χ3v) is 2.77. The number of amides is 1. The van der Waals surface area contributed by atoms with E-state index in [1.165, 1.54) is 19.2 Å². The Kier molecular flexibility index (Phi) is 6.65. The van der Waals surface area contributed by atoms with E-state index in [2.05, 4.69) is 5.32 Å². The summed E-state index contributed by atoms with van der Waals surface area (Å²) in [6.07, 6.45) is 0.851. The van der Waals surface area contributed by atoms with Gasteiger partial charge in [-0.25, -0.2) is 9.18 Å². The van der Waals surface area contributed by atoms with Crippen molar-refractivity contribution in [1.29, 1.82) is 0 Å². The first-order valence-corrected chi connectivity index (χ1v) is 6.71. The number of methoxy groups -OCH3 is 1. The zero-order chi connectivity index (χ0) is 15.8. The zero-order valence-corrected chi connectivity index (χ0v) is 12.4. The van der Waals surface area contributed by atoms with E-state index in [1.807, 2.05) is 13.8 Å². The Morgan fingerprint density at radius 1 is 1.33 bits per heavy atom. The highest BCUT2D eigenvalue weighted by Gasteiger charge is 2.13. The second kappa shape index (κ2) is 8.24. The van der Waals surface area contributed by atoms with E-state index in [-0.39, 0.29) is 23.8 Å². The molecule has 0 heterocycles. The van der Waals surface area contributed by atoms with Gasteiger partial charge in [0, 0.05) is 6.54 Å². The molecule has 0 saturated carbocycles. The number of esters is 1. The zero-order valence-electron chi connectivity index (χ0n) is 12.4. The van der Waals surface area contributed by atoms with Crippen LogP contribution < -0.4 is 10.1 Å². The number of hydrogen-bond acceptors (Lipinski definition) is 4. The van der Waals surface area contributed by atoms with Gasteiger partial charge in [0.25, 0.3) is 5.91 Å². The summed E-state index contributed by atoms with van der Waals surface area (Å²) in [5.41, 5.74) is 0.0308. The quantitative estimate of drug-likeness (QED) is 0.783. The van der Waals surface area contributed by atoms with E-state index < -0.39 is 11.8 Å². The maximum atomic E-state index is 13.4. The van der Waals surface area contributed by atoms with Gasteiger partial charge >= 0.3 is 5.97 Å². The molecule has 6 heteroatoms. The number of benzene rings is 1. The lowest BCUT2D eigenvalue weighted by Gasteiger charge is -2.08. The lowest BCUT2D eigenvalue weighted by atomic mass is 10.1. The van der Waals surface area contributed by atoms with Crippen LogP contribution in [0.25, 0.3) is 0 Å². The van der Waals surface area contributed by atoms with Crippen LogP contribution in [0.2, 0.25) is 0 Å². The van der Waals surface area contributed by atoms with E-state index >= 15 is 0 Å². The molecule has 0 aliphatic rings. The van der Waals surface area contributed by atoms with Crippen LogP contribution in [0.15, 0.2) is 18.2 Å². The lowest BCUT2D eigenvalue weighted by molar-refractivity contribution is -0.124. The molecule has 0 aliphatic carbocycles. The third-order valence-electron chi connectivity index (χ3n) is 2.77. The molecule has 21 heavy (non-hydrogen) atoms. The van der Waals surface area contributed by atoms with Crippen LogP contribution in [0.4, 0.5) is 4.39 Å². The van der Waals surface area contributed by atoms with Gasteiger partial charge in [0.1, 0.15) is 0 Å². The predicted molar refractivity (Wildman–Crippen MR) is 75.7 cm³/mol. The van der Waals surface area contributed by atoms with Gasteiger partial charge in [-0.15, -0.1) is 0 Å². The minimum absolute atomic E-state index is 0.0308. The Hall–Kier alpha value is -2.11. The highest BCUT2D eigenvalue weighted by atomic mass is 19.1. The first kappa shape index (κ1) is 16.9. The van der Waals surface area contributed by atoms with Crippen molar-refractivity contribution in [3.05, 3.63) is 29.6 Å². The molecular weight excluding hydrogens is 277 g/mol. The molecule has 0 bridgehead atoms. The maximum absolute atomic E-state index is 13.4. The predicted octanol–water partition coefficient (Wildman–Crippen LogP) is 2.15. The van der Waals surface area contributed by atoms with Gasteiger partial charge in [-0.1, -0.05) is 13.8 Å². The molecule has 1 rings (SSSR count). The second-order valence-corrected chi connectivity index (χ2v) is 4.96. The molecule has 116 valence electrons. The van der Waals surface area contributed by atoms with Gasteiger partial charge in [-0.3, -0.25) is 4.79 Å². The van der Waals surface area contributed by atoms with E-state index in [1.54, 1.807) is 0 Å². The summed E-state index contributed by atoms with van der Waals surface area (Å²) in [6, 6.07) is 3.72. The van der Waals surface area contributed by atoms with Crippen molar-refractivity contribution in [2.24, 2.45) is 5.92 Å². The first-order valence-electron chi connectivity index (χ1n) is 6.71. The standard InChI is InChI=1S/C15H20FNO4/c1-10(2)6-7-17-14(18)9-21-15(19)11-4-5-13(20-3)12(16)8-11/h4-5,8,10H,6-7,9H2,1-3H3,(H,17,18). The van der Waals surface area contributed by atoms with Crippen molar-refractivity contribution >= 4 is 11.9 Å². The molecule has 1 amide bonds.